The fourth-order valence-electron chi connectivity index (χ4n) is 3.49. The molecule has 2 aliphatic rings. The van der Waals surface area contributed by atoms with Gasteiger partial charge in [0.1, 0.15) is 5.82 Å². The summed E-state index contributed by atoms with van der Waals surface area (Å²) in [5.74, 6) is 1.72. The van der Waals surface area contributed by atoms with Crippen molar-refractivity contribution in [1.82, 2.24) is 9.88 Å². The number of halogens is 4. The van der Waals surface area contributed by atoms with Crippen molar-refractivity contribution in [3.63, 3.8) is 0 Å². The smallest absolute Gasteiger partial charge is 0.417 e. The van der Waals surface area contributed by atoms with Crippen LogP contribution in [0.15, 0.2) is 30.5 Å². The number of hydrogen-bond acceptors (Lipinski definition) is 5. The molecular formula is C20H19ClF3N3O3. The van der Waals surface area contributed by atoms with Crippen molar-refractivity contribution >= 4 is 23.3 Å². The van der Waals surface area contributed by atoms with Gasteiger partial charge in [0.2, 0.25) is 12.7 Å². The maximum absolute atomic E-state index is 12.8. The first kappa shape index (κ1) is 20.6. The van der Waals surface area contributed by atoms with Crippen molar-refractivity contribution in [1.29, 1.82) is 0 Å². The lowest BCUT2D eigenvalue weighted by atomic mass is 10.1. The van der Waals surface area contributed by atoms with Crippen LogP contribution in [0.2, 0.25) is 5.02 Å². The van der Waals surface area contributed by atoms with Crippen molar-refractivity contribution in [2.45, 2.75) is 19.0 Å². The number of aryl methyl sites for hydroxylation is 1. The first-order valence-electron chi connectivity index (χ1n) is 9.45. The Balaban J connectivity index is 1.30. The second-order valence-electron chi connectivity index (χ2n) is 7.08. The summed E-state index contributed by atoms with van der Waals surface area (Å²) >= 11 is 6.02. The third-order valence-corrected chi connectivity index (χ3v) is 5.42. The van der Waals surface area contributed by atoms with E-state index in [9.17, 15) is 18.0 Å². The van der Waals surface area contributed by atoms with Crippen LogP contribution in [0.5, 0.6) is 11.5 Å². The minimum atomic E-state index is -4.49. The first-order chi connectivity index (χ1) is 14.3. The number of aromatic nitrogens is 1. The van der Waals surface area contributed by atoms with Crippen molar-refractivity contribution in [3.05, 3.63) is 46.6 Å². The molecule has 10 heteroatoms. The van der Waals surface area contributed by atoms with E-state index in [0.29, 0.717) is 56.3 Å². The highest BCUT2D eigenvalue weighted by Crippen LogP contribution is 2.34. The average Bonchev–Trinajstić information content (AvgIpc) is 3.19. The number of piperazine rings is 1. The van der Waals surface area contributed by atoms with Crippen molar-refractivity contribution in [2.75, 3.05) is 37.9 Å². The van der Waals surface area contributed by atoms with E-state index < -0.39 is 11.7 Å². The number of anilines is 1. The SMILES string of the molecule is O=C(CCc1ccc2c(c1)OCO2)N1CCN(c2ncc(C(F)(F)F)cc2Cl)CC1. The van der Waals surface area contributed by atoms with Crippen LogP contribution in [0.4, 0.5) is 19.0 Å². The number of rotatable bonds is 4. The summed E-state index contributed by atoms with van der Waals surface area (Å²) in [5, 5.41) is -0.0487. The zero-order valence-corrected chi connectivity index (χ0v) is 16.7. The monoisotopic (exact) mass is 441 g/mol. The average molecular weight is 442 g/mol. The van der Waals surface area contributed by atoms with Gasteiger partial charge in [-0.15, -0.1) is 0 Å². The van der Waals surface area contributed by atoms with Crippen molar-refractivity contribution in [3.8, 4) is 11.5 Å². The number of fused-ring (bicyclic) bond motifs is 1. The van der Waals surface area contributed by atoms with E-state index in [0.717, 1.165) is 17.8 Å². The summed E-state index contributed by atoms with van der Waals surface area (Å²) in [6, 6.07) is 6.51. The summed E-state index contributed by atoms with van der Waals surface area (Å²) in [6.45, 7) is 2.03. The van der Waals surface area contributed by atoms with Crippen LogP contribution in [0.1, 0.15) is 17.5 Å². The third-order valence-electron chi connectivity index (χ3n) is 5.15. The molecule has 3 heterocycles. The fourth-order valence-corrected chi connectivity index (χ4v) is 3.78. The van der Waals surface area contributed by atoms with Crippen LogP contribution in [-0.4, -0.2) is 48.8 Å². The predicted octanol–water partition coefficient (Wildman–Crippen LogP) is 3.76. The van der Waals surface area contributed by atoms with Gasteiger partial charge in [-0.3, -0.25) is 4.79 Å². The summed E-state index contributed by atoms with van der Waals surface area (Å²) in [4.78, 5) is 20.0. The molecule has 1 amide bonds. The van der Waals surface area contributed by atoms with E-state index in [1.807, 2.05) is 18.2 Å². The Bertz CT molecular complexity index is 947. The Morgan fingerprint density at radius 3 is 2.53 bits per heavy atom. The van der Waals surface area contributed by atoms with E-state index in [2.05, 4.69) is 4.98 Å². The molecule has 4 rings (SSSR count). The second-order valence-corrected chi connectivity index (χ2v) is 7.49. The van der Waals surface area contributed by atoms with Gasteiger partial charge in [0.15, 0.2) is 11.5 Å². The van der Waals surface area contributed by atoms with Crippen molar-refractivity contribution in [2.24, 2.45) is 0 Å². The molecule has 0 bridgehead atoms. The molecule has 2 aliphatic heterocycles. The Labute approximate surface area is 176 Å². The van der Waals surface area contributed by atoms with E-state index >= 15 is 0 Å². The lowest BCUT2D eigenvalue weighted by molar-refractivity contribution is -0.137. The minimum absolute atomic E-state index is 0.0267. The number of ether oxygens (including phenoxy) is 2. The van der Waals surface area contributed by atoms with E-state index in [-0.39, 0.29) is 17.7 Å². The molecule has 2 aromatic rings. The standard InChI is InChI=1S/C20H19ClF3N3O3/c21-15-10-14(20(22,23)24)11-25-19(15)27-7-5-26(6-8-27)18(28)4-2-13-1-3-16-17(9-13)30-12-29-16/h1,3,9-11H,2,4-8,12H2. The number of carbonyl (C=O) groups is 1. The molecular weight excluding hydrogens is 423 g/mol. The molecule has 0 unspecified atom stereocenters. The Morgan fingerprint density at radius 1 is 1.10 bits per heavy atom. The predicted molar refractivity (Wildman–Crippen MR) is 104 cm³/mol. The number of alkyl halides is 3. The van der Waals surface area contributed by atoms with Crippen LogP contribution in [0, 0.1) is 0 Å². The summed E-state index contributed by atoms with van der Waals surface area (Å²) in [5.41, 5.74) is 0.112. The van der Waals surface area contributed by atoms with Gasteiger partial charge in [-0.1, -0.05) is 17.7 Å². The lowest BCUT2D eigenvalue weighted by Gasteiger charge is -2.36. The van der Waals surface area contributed by atoms with Gasteiger partial charge in [-0.05, 0) is 30.2 Å². The van der Waals surface area contributed by atoms with Crippen LogP contribution in [0.3, 0.4) is 0 Å². The summed E-state index contributed by atoms with van der Waals surface area (Å²) < 4.78 is 48.9. The normalized spacial score (nSPS) is 16.1. The molecule has 0 saturated carbocycles. The quantitative estimate of drug-likeness (QED) is 0.723. The van der Waals surface area contributed by atoms with Crippen LogP contribution in [0.25, 0.3) is 0 Å². The Morgan fingerprint density at radius 2 is 1.83 bits per heavy atom. The Kier molecular flexibility index (Phi) is 5.64. The third kappa shape index (κ3) is 4.40. The van der Waals surface area contributed by atoms with Gasteiger partial charge in [-0.2, -0.15) is 13.2 Å². The molecule has 1 saturated heterocycles. The number of pyridine rings is 1. The summed E-state index contributed by atoms with van der Waals surface area (Å²) in [7, 11) is 0. The molecule has 0 N–H and O–H groups in total. The maximum Gasteiger partial charge on any atom is 0.417 e. The number of nitrogens with zero attached hydrogens (tertiary/aromatic N) is 3. The highest BCUT2D eigenvalue weighted by Gasteiger charge is 2.32. The molecule has 30 heavy (non-hydrogen) atoms. The van der Waals surface area contributed by atoms with Gasteiger partial charge in [0.05, 0.1) is 10.6 Å². The second kappa shape index (κ2) is 8.22. The summed E-state index contributed by atoms with van der Waals surface area (Å²) in [6.07, 6.45) is -2.76. The molecule has 0 radical (unpaired) electrons. The zero-order chi connectivity index (χ0) is 21.3. The molecule has 1 aromatic heterocycles. The number of carbonyl (C=O) groups excluding carboxylic acids is 1. The van der Waals surface area contributed by atoms with Crippen LogP contribution in [-0.2, 0) is 17.4 Å². The highest BCUT2D eigenvalue weighted by atomic mass is 35.5. The molecule has 0 spiro atoms. The van der Waals surface area contributed by atoms with Crippen LogP contribution >= 0.6 is 11.6 Å². The molecule has 1 fully saturated rings. The van der Waals surface area contributed by atoms with Crippen LogP contribution < -0.4 is 14.4 Å². The largest absolute Gasteiger partial charge is 0.454 e. The van der Waals surface area contributed by atoms with Gasteiger partial charge in [-0.25, -0.2) is 4.98 Å². The highest BCUT2D eigenvalue weighted by molar-refractivity contribution is 6.33. The topological polar surface area (TPSA) is 54.9 Å². The van der Waals surface area contributed by atoms with Gasteiger partial charge >= 0.3 is 6.18 Å². The van der Waals surface area contributed by atoms with Gasteiger partial charge in [0.25, 0.3) is 0 Å². The lowest BCUT2D eigenvalue weighted by Crippen LogP contribution is -2.49. The molecule has 0 atom stereocenters. The van der Waals surface area contributed by atoms with E-state index in [1.165, 1.54) is 0 Å². The van der Waals surface area contributed by atoms with E-state index in [4.69, 9.17) is 21.1 Å². The molecule has 1 aromatic carbocycles. The van der Waals surface area contributed by atoms with Crippen molar-refractivity contribution < 1.29 is 27.4 Å². The van der Waals surface area contributed by atoms with E-state index in [1.54, 1.807) is 9.80 Å². The number of benzene rings is 1. The fraction of sp³-hybridized carbons (Fsp3) is 0.400. The van der Waals surface area contributed by atoms with Gasteiger partial charge in [0, 0.05) is 38.8 Å². The number of hydrogen-bond donors (Lipinski definition) is 0. The Hall–Kier alpha value is -2.68. The molecule has 160 valence electrons. The number of amides is 1. The molecule has 6 nitrogen and oxygen atoms in total. The van der Waals surface area contributed by atoms with Gasteiger partial charge < -0.3 is 19.3 Å². The molecule has 0 aliphatic carbocycles. The maximum atomic E-state index is 12.8. The first-order valence-corrected chi connectivity index (χ1v) is 9.83. The minimum Gasteiger partial charge on any atom is -0.454 e. The zero-order valence-electron chi connectivity index (χ0n) is 15.9.